The van der Waals surface area contributed by atoms with Crippen LogP contribution in [0.15, 0.2) is 30.3 Å². The first-order valence-corrected chi connectivity index (χ1v) is 5.93. The largest absolute Gasteiger partial charge is 0.481 e. The molecule has 2 atom stereocenters. The number of para-hydroxylation sites is 1. The van der Waals surface area contributed by atoms with Crippen molar-refractivity contribution in [3.8, 4) is 0 Å². The molecule has 1 aliphatic rings. The van der Waals surface area contributed by atoms with Crippen molar-refractivity contribution in [2.75, 3.05) is 18.0 Å². The fourth-order valence-corrected chi connectivity index (χ4v) is 2.26. The Bertz CT molecular complexity index is 380. The highest BCUT2D eigenvalue weighted by molar-refractivity contribution is 5.67. The molecule has 0 unspecified atom stereocenters. The monoisotopic (exact) mass is 234 g/mol. The van der Waals surface area contributed by atoms with Crippen molar-refractivity contribution in [2.24, 2.45) is 0 Å². The van der Waals surface area contributed by atoms with E-state index in [2.05, 4.69) is 29.3 Å². The molecule has 0 aromatic heterocycles. The van der Waals surface area contributed by atoms with E-state index in [4.69, 9.17) is 5.11 Å². The quantitative estimate of drug-likeness (QED) is 0.828. The van der Waals surface area contributed by atoms with Crippen molar-refractivity contribution >= 4 is 11.7 Å². The molecule has 1 saturated heterocycles. The molecule has 2 N–H and O–H groups in total. The lowest BCUT2D eigenvalue weighted by Crippen LogP contribution is -2.56. The van der Waals surface area contributed by atoms with Gasteiger partial charge in [-0.25, -0.2) is 0 Å². The summed E-state index contributed by atoms with van der Waals surface area (Å²) in [7, 11) is 0. The van der Waals surface area contributed by atoms with Gasteiger partial charge in [0.25, 0.3) is 0 Å². The zero-order valence-corrected chi connectivity index (χ0v) is 9.97. The summed E-state index contributed by atoms with van der Waals surface area (Å²) >= 11 is 0. The molecule has 1 aromatic rings. The van der Waals surface area contributed by atoms with Crippen LogP contribution in [-0.2, 0) is 4.79 Å². The molecule has 0 saturated carbocycles. The summed E-state index contributed by atoms with van der Waals surface area (Å²) in [5.74, 6) is -0.745. The van der Waals surface area contributed by atoms with Crippen LogP contribution in [-0.4, -0.2) is 36.2 Å². The first-order chi connectivity index (χ1) is 8.16. The maximum absolute atomic E-state index is 10.7. The Labute approximate surface area is 101 Å². The topological polar surface area (TPSA) is 52.6 Å². The van der Waals surface area contributed by atoms with Gasteiger partial charge >= 0.3 is 5.97 Å². The lowest BCUT2D eigenvalue weighted by molar-refractivity contribution is -0.137. The highest BCUT2D eigenvalue weighted by Gasteiger charge is 2.26. The van der Waals surface area contributed by atoms with E-state index in [-0.39, 0.29) is 12.5 Å². The first-order valence-electron chi connectivity index (χ1n) is 5.93. The molecular weight excluding hydrogens is 216 g/mol. The van der Waals surface area contributed by atoms with E-state index in [9.17, 15) is 4.79 Å². The first kappa shape index (κ1) is 11.9. The highest BCUT2D eigenvalue weighted by atomic mass is 16.4. The molecule has 0 bridgehead atoms. The molecule has 0 aliphatic carbocycles. The summed E-state index contributed by atoms with van der Waals surface area (Å²) in [5, 5.41) is 12.1. The predicted molar refractivity (Wildman–Crippen MR) is 67.3 cm³/mol. The molecule has 92 valence electrons. The molecule has 0 radical (unpaired) electrons. The Balaban J connectivity index is 2.07. The van der Waals surface area contributed by atoms with Crippen molar-refractivity contribution in [3.05, 3.63) is 30.3 Å². The van der Waals surface area contributed by atoms with Crippen molar-refractivity contribution in [1.82, 2.24) is 5.32 Å². The lowest BCUT2D eigenvalue weighted by Gasteiger charge is -2.40. The summed E-state index contributed by atoms with van der Waals surface area (Å²) < 4.78 is 0. The van der Waals surface area contributed by atoms with Crippen LogP contribution in [0.2, 0.25) is 0 Å². The van der Waals surface area contributed by atoms with E-state index in [1.54, 1.807) is 0 Å². The average Bonchev–Trinajstić information content (AvgIpc) is 2.32. The molecule has 1 heterocycles. The van der Waals surface area contributed by atoms with Gasteiger partial charge in [-0.15, -0.1) is 0 Å². The molecule has 1 aliphatic heterocycles. The number of carboxylic acids is 1. The van der Waals surface area contributed by atoms with Gasteiger partial charge in [-0.2, -0.15) is 0 Å². The molecule has 17 heavy (non-hydrogen) atoms. The average molecular weight is 234 g/mol. The standard InChI is InChI=1S/C13H18N2O2/c1-10-8-14-11(7-13(16)17)9-15(10)12-5-3-2-4-6-12/h2-6,10-11,14H,7-9H2,1H3,(H,16,17)/t10-,11-/m1/s1. The second kappa shape index (κ2) is 5.19. The summed E-state index contributed by atoms with van der Waals surface area (Å²) in [4.78, 5) is 13.0. The number of carboxylic acid groups (broad SMARTS) is 1. The molecule has 4 heteroatoms. The second-order valence-electron chi connectivity index (χ2n) is 4.54. The summed E-state index contributed by atoms with van der Waals surface area (Å²) in [5.41, 5.74) is 1.16. The van der Waals surface area contributed by atoms with Gasteiger partial charge in [0, 0.05) is 30.9 Å². The van der Waals surface area contributed by atoms with Crippen LogP contribution in [0.3, 0.4) is 0 Å². The number of nitrogens with one attached hydrogen (secondary N) is 1. The number of hydrogen-bond acceptors (Lipinski definition) is 3. The van der Waals surface area contributed by atoms with Crippen molar-refractivity contribution in [3.63, 3.8) is 0 Å². The number of nitrogens with zero attached hydrogens (tertiary/aromatic N) is 1. The maximum Gasteiger partial charge on any atom is 0.304 e. The Morgan fingerprint density at radius 3 is 2.82 bits per heavy atom. The van der Waals surface area contributed by atoms with Crippen LogP contribution in [0.5, 0.6) is 0 Å². The van der Waals surface area contributed by atoms with Crippen LogP contribution in [0.1, 0.15) is 13.3 Å². The number of hydrogen-bond donors (Lipinski definition) is 2. The van der Waals surface area contributed by atoms with E-state index in [1.165, 1.54) is 0 Å². The number of carbonyl (C=O) groups is 1. The Morgan fingerprint density at radius 2 is 2.18 bits per heavy atom. The van der Waals surface area contributed by atoms with E-state index >= 15 is 0 Å². The molecule has 2 rings (SSSR count). The van der Waals surface area contributed by atoms with Gasteiger partial charge in [0.2, 0.25) is 0 Å². The van der Waals surface area contributed by atoms with Gasteiger partial charge in [0.1, 0.15) is 0 Å². The van der Waals surface area contributed by atoms with Crippen LogP contribution in [0.25, 0.3) is 0 Å². The van der Waals surface area contributed by atoms with E-state index in [1.807, 2.05) is 18.2 Å². The van der Waals surface area contributed by atoms with E-state index < -0.39 is 5.97 Å². The number of rotatable bonds is 3. The van der Waals surface area contributed by atoms with E-state index in [0.29, 0.717) is 6.04 Å². The fraction of sp³-hybridized carbons (Fsp3) is 0.462. The lowest BCUT2D eigenvalue weighted by atomic mass is 10.1. The minimum absolute atomic E-state index is 0.0314. The van der Waals surface area contributed by atoms with Gasteiger partial charge in [-0.3, -0.25) is 4.79 Å². The van der Waals surface area contributed by atoms with Crippen LogP contribution in [0.4, 0.5) is 5.69 Å². The molecule has 1 fully saturated rings. The van der Waals surface area contributed by atoms with Gasteiger partial charge in [0.05, 0.1) is 6.42 Å². The Morgan fingerprint density at radius 1 is 1.47 bits per heavy atom. The minimum atomic E-state index is -0.745. The normalized spacial score (nSPS) is 24.6. The molecule has 0 spiro atoms. The molecule has 4 nitrogen and oxygen atoms in total. The third kappa shape index (κ3) is 2.97. The molecular formula is C13H18N2O2. The number of piperazine rings is 1. The summed E-state index contributed by atoms with van der Waals surface area (Å²) in [6, 6.07) is 10.6. The maximum atomic E-state index is 10.7. The number of anilines is 1. The van der Waals surface area contributed by atoms with Crippen LogP contribution < -0.4 is 10.2 Å². The smallest absolute Gasteiger partial charge is 0.304 e. The van der Waals surface area contributed by atoms with Crippen LogP contribution in [0, 0.1) is 0 Å². The second-order valence-corrected chi connectivity index (χ2v) is 4.54. The molecule has 1 aromatic carbocycles. The zero-order valence-electron chi connectivity index (χ0n) is 9.97. The Kier molecular flexibility index (Phi) is 3.64. The van der Waals surface area contributed by atoms with Gasteiger partial charge in [-0.05, 0) is 19.1 Å². The predicted octanol–water partition coefficient (Wildman–Crippen LogP) is 1.33. The van der Waals surface area contributed by atoms with Gasteiger partial charge in [-0.1, -0.05) is 18.2 Å². The molecule has 0 amide bonds. The number of aliphatic carboxylic acids is 1. The van der Waals surface area contributed by atoms with Gasteiger partial charge in [0.15, 0.2) is 0 Å². The van der Waals surface area contributed by atoms with Crippen molar-refractivity contribution in [2.45, 2.75) is 25.4 Å². The Hall–Kier alpha value is -1.55. The fourth-order valence-electron chi connectivity index (χ4n) is 2.26. The van der Waals surface area contributed by atoms with Gasteiger partial charge < -0.3 is 15.3 Å². The summed E-state index contributed by atoms with van der Waals surface area (Å²) in [6.07, 6.45) is 0.177. The summed E-state index contributed by atoms with van der Waals surface area (Å²) in [6.45, 7) is 3.72. The minimum Gasteiger partial charge on any atom is -0.481 e. The SMILES string of the molecule is C[C@@H]1CN[C@H](CC(=O)O)CN1c1ccccc1. The van der Waals surface area contributed by atoms with Crippen molar-refractivity contribution in [1.29, 1.82) is 0 Å². The number of benzene rings is 1. The van der Waals surface area contributed by atoms with Crippen LogP contribution >= 0.6 is 0 Å². The van der Waals surface area contributed by atoms with Crippen molar-refractivity contribution < 1.29 is 9.90 Å². The third-order valence-corrected chi connectivity index (χ3v) is 3.16. The van der Waals surface area contributed by atoms with E-state index in [0.717, 1.165) is 18.8 Å². The zero-order chi connectivity index (χ0) is 12.3. The highest BCUT2D eigenvalue weighted by Crippen LogP contribution is 2.19. The third-order valence-electron chi connectivity index (χ3n) is 3.16.